The molecule has 1 aromatic heterocycles. The zero-order valence-electron chi connectivity index (χ0n) is 10.8. The lowest BCUT2D eigenvalue weighted by Gasteiger charge is -2.12. The minimum atomic E-state index is 0.348. The molecule has 100 valence electrons. The number of hydrogen-bond acceptors (Lipinski definition) is 5. The summed E-state index contributed by atoms with van der Waals surface area (Å²) in [6, 6.07) is 0. The second-order valence-electron chi connectivity index (χ2n) is 5.26. The van der Waals surface area contributed by atoms with Crippen molar-refractivity contribution in [3.63, 3.8) is 0 Å². The molecule has 2 aliphatic heterocycles. The summed E-state index contributed by atoms with van der Waals surface area (Å²) in [5.74, 6) is 1.97. The molecule has 0 radical (unpaired) electrons. The van der Waals surface area contributed by atoms with Gasteiger partial charge in [0.05, 0.1) is 6.61 Å². The summed E-state index contributed by atoms with van der Waals surface area (Å²) in [4.78, 5) is 7.00. The Labute approximate surface area is 107 Å². The van der Waals surface area contributed by atoms with Gasteiger partial charge in [-0.15, -0.1) is 0 Å². The van der Waals surface area contributed by atoms with Gasteiger partial charge < -0.3 is 14.2 Å². The van der Waals surface area contributed by atoms with E-state index in [4.69, 9.17) is 9.26 Å². The van der Waals surface area contributed by atoms with Gasteiger partial charge in [-0.3, -0.25) is 0 Å². The van der Waals surface area contributed by atoms with Crippen LogP contribution in [-0.4, -0.2) is 47.9 Å². The zero-order valence-corrected chi connectivity index (χ0v) is 10.8. The Morgan fingerprint density at radius 3 is 2.94 bits per heavy atom. The summed E-state index contributed by atoms with van der Waals surface area (Å²) in [7, 11) is 0. The lowest BCUT2D eigenvalue weighted by Crippen LogP contribution is -2.20. The molecule has 2 fully saturated rings. The molecule has 3 heterocycles. The molecule has 1 aromatic rings. The number of aromatic nitrogens is 2. The molecule has 0 aliphatic carbocycles. The molecule has 2 aliphatic rings. The van der Waals surface area contributed by atoms with E-state index in [0.29, 0.717) is 5.92 Å². The van der Waals surface area contributed by atoms with E-state index >= 15 is 0 Å². The Balaban J connectivity index is 1.44. The van der Waals surface area contributed by atoms with Crippen LogP contribution in [0, 0.1) is 0 Å². The highest BCUT2D eigenvalue weighted by Crippen LogP contribution is 2.22. The summed E-state index contributed by atoms with van der Waals surface area (Å²) in [6.45, 7) is 5.24. The molecule has 2 saturated heterocycles. The van der Waals surface area contributed by atoms with Gasteiger partial charge in [-0.25, -0.2) is 0 Å². The summed E-state index contributed by atoms with van der Waals surface area (Å²) < 4.78 is 10.6. The van der Waals surface area contributed by atoms with Gasteiger partial charge in [0.1, 0.15) is 0 Å². The number of rotatable bonds is 5. The molecule has 0 bridgehead atoms. The molecule has 1 atom stereocenters. The summed E-state index contributed by atoms with van der Waals surface area (Å²) in [5.41, 5.74) is 0. The van der Waals surface area contributed by atoms with Crippen LogP contribution >= 0.6 is 0 Å². The number of hydrogen-bond donors (Lipinski definition) is 0. The molecular weight excluding hydrogens is 230 g/mol. The first-order valence-corrected chi connectivity index (χ1v) is 7.04. The Morgan fingerprint density at radius 2 is 2.17 bits per heavy atom. The van der Waals surface area contributed by atoms with Gasteiger partial charge in [0, 0.05) is 18.9 Å². The molecule has 0 spiro atoms. The highest BCUT2D eigenvalue weighted by Gasteiger charge is 2.23. The number of aryl methyl sites for hydroxylation is 1. The first-order chi connectivity index (χ1) is 8.92. The quantitative estimate of drug-likeness (QED) is 0.795. The van der Waals surface area contributed by atoms with Gasteiger partial charge in [0.25, 0.3) is 0 Å². The maximum atomic E-state index is 5.34. The lowest BCUT2D eigenvalue weighted by molar-refractivity contribution is 0.192. The van der Waals surface area contributed by atoms with Crippen LogP contribution in [0.3, 0.4) is 0 Å². The monoisotopic (exact) mass is 251 g/mol. The molecule has 0 N–H and O–H groups in total. The van der Waals surface area contributed by atoms with Crippen molar-refractivity contribution in [2.24, 2.45) is 0 Å². The topological polar surface area (TPSA) is 51.4 Å². The van der Waals surface area contributed by atoms with Crippen molar-refractivity contribution in [1.29, 1.82) is 0 Å². The van der Waals surface area contributed by atoms with E-state index in [-0.39, 0.29) is 0 Å². The Bertz CT molecular complexity index is 368. The highest BCUT2D eigenvalue weighted by atomic mass is 16.5. The largest absolute Gasteiger partial charge is 0.381 e. The third kappa shape index (κ3) is 2.90. The maximum Gasteiger partial charge on any atom is 0.226 e. The minimum absolute atomic E-state index is 0.348. The highest BCUT2D eigenvalue weighted by molar-refractivity contribution is 4.97. The van der Waals surface area contributed by atoms with Gasteiger partial charge in [-0.2, -0.15) is 4.98 Å². The van der Waals surface area contributed by atoms with Crippen LogP contribution in [0.15, 0.2) is 4.52 Å². The molecule has 0 aromatic carbocycles. The first kappa shape index (κ1) is 12.1. The fourth-order valence-corrected chi connectivity index (χ4v) is 2.73. The minimum Gasteiger partial charge on any atom is -0.381 e. The summed E-state index contributed by atoms with van der Waals surface area (Å²) >= 11 is 0. The van der Waals surface area contributed by atoms with Crippen molar-refractivity contribution < 1.29 is 9.26 Å². The molecule has 5 nitrogen and oxygen atoms in total. The van der Waals surface area contributed by atoms with Crippen LogP contribution < -0.4 is 0 Å². The second kappa shape index (κ2) is 5.80. The molecule has 3 rings (SSSR count). The van der Waals surface area contributed by atoms with E-state index in [9.17, 15) is 0 Å². The Morgan fingerprint density at radius 1 is 1.28 bits per heavy atom. The fraction of sp³-hybridized carbons (Fsp3) is 0.846. The van der Waals surface area contributed by atoms with Crippen molar-refractivity contribution in [1.82, 2.24) is 15.0 Å². The fourth-order valence-electron chi connectivity index (χ4n) is 2.73. The van der Waals surface area contributed by atoms with Crippen LogP contribution in [0.2, 0.25) is 0 Å². The third-order valence-electron chi connectivity index (χ3n) is 3.84. The van der Waals surface area contributed by atoms with Crippen LogP contribution in [0.5, 0.6) is 0 Å². The summed E-state index contributed by atoms with van der Waals surface area (Å²) in [5, 5.41) is 4.07. The average Bonchev–Trinajstić information content (AvgIpc) is 3.12. The van der Waals surface area contributed by atoms with Gasteiger partial charge in [0.2, 0.25) is 5.89 Å². The van der Waals surface area contributed by atoms with E-state index in [1.165, 1.54) is 25.9 Å². The van der Waals surface area contributed by atoms with Gasteiger partial charge >= 0.3 is 0 Å². The molecule has 18 heavy (non-hydrogen) atoms. The number of likely N-dealkylation sites (tertiary alicyclic amines) is 1. The summed E-state index contributed by atoms with van der Waals surface area (Å²) in [6.07, 6.45) is 5.74. The zero-order chi connectivity index (χ0) is 12.2. The van der Waals surface area contributed by atoms with E-state index in [1.54, 1.807) is 0 Å². The maximum absolute atomic E-state index is 5.34. The van der Waals surface area contributed by atoms with Crippen molar-refractivity contribution in [2.75, 3.05) is 32.8 Å². The first-order valence-electron chi connectivity index (χ1n) is 7.04. The number of nitrogens with zero attached hydrogens (tertiary/aromatic N) is 3. The van der Waals surface area contributed by atoms with Crippen LogP contribution in [0.25, 0.3) is 0 Å². The van der Waals surface area contributed by atoms with E-state index in [1.807, 2.05) is 0 Å². The molecular formula is C13H21N3O2. The Kier molecular flexibility index (Phi) is 3.90. The predicted octanol–water partition coefficient (Wildman–Crippen LogP) is 1.60. The van der Waals surface area contributed by atoms with Crippen molar-refractivity contribution in [2.45, 2.75) is 38.0 Å². The SMILES string of the molecule is C1CCN(CCCc2nc([C@@H]3CCOC3)no2)C1. The molecule has 5 heteroatoms. The predicted molar refractivity (Wildman–Crippen MR) is 66.5 cm³/mol. The standard InChI is InChI=1S/C13H21N3O2/c1-2-7-16(6-1)8-3-4-12-14-13(15-18-12)11-5-9-17-10-11/h11H,1-10H2/t11-/m1/s1. The third-order valence-corrected chi connectivity index (χ3v) is 3.84. The molecule has 0 amide bonds. The van der Waals surface area contributed by atoms with Crippen molar-refractivity contribution in [3.8, 4) is 0 Å². The van der Waals surface area contributed by atoms with Crippen molar-refractivity contribution >= 4 is 0 Å². The second-order valence-corrected chi connectivity index (χ2v) is 5.26. The smallest absolute Gasteiger partial charge is 0.226 e. The van der Waals surface area contributed by atoms with Gasteiger partial charge in [-0.05, 0) is 45.3 Å². The molecule has 0 unspecified atom stereocenters. The van der Waals surface area contributed by atoms with Crippen LogP contribution in [0.1, 0.15) is 43.3 Å². The lowest BCUT2D eigenvalue weighted by atomic mass is 10.1. The van der Waals surface area contributed by atoms with Gasteiger partial charge in [-0.1, -0.05) is 5.16 Å². The molecule has 0 saturated carbocycles. The normalized spacial score (nSPS) is 25.0. The van der Waals surface area contributed by atoms with E-state index < -0.39 is 0 Å². The van der Waals surface area contributed by atoms with E-state index in [0.717, 1.165) is 50.7 Å². The number of ether oxygens (including phenoxy) is 1. The average molecular weight is 251 g/mol. The Hall–Kier alpha value is -0.940. The van der Waals surface area contributed by atoms with Crippen LogP contribution in [0.4, 0.5) is 0 Å². The van der Waals surface area contributed by atoms with Crippen molar-refractivity contribution in [3.05, 3.63) is 11.7 Å². The van der Waals surface area contributed by atoms with E-state index in [2.05, 4.69) is 15.0 Å². The van der Waals surface area contributed by atoms with Crippen LogP contribution in [-0.2, 0) is 11.2 Å². The van der Waals surface area contributed by atoms with Gasteiger partial charge in [0.15, 0.2) is 5.82 Å².